The van der Waals surface area contributed by atoms with Gasteiger partial charge in [-0.25, -0.2) is 0 Å². The second-order valence-corrected chi connectivity index (χ2v) is 5.18. The molecule has 1 aromatic carbocycles. The van der Waals surface area contributed by atoms with Crippen molar-refractivity contribution in [2.24, 2.45) is 5.73 Å². The highest BCUT2D eigenvalue weighted by Gasteiger charge is 2.23. The summed E-state index contributed by atoms with van der Waals surface area (Å²) in [6.07, 6.45) is 0.602. The summed E-state index contributed by atoms with van der Waals surface area (Å²) < 4.78 is 17.1. The fourth-order valence-electron chi connectivity index (χ4n) is 2.20. The Morgan fingerprint density at radius 2 is 1.95 bits per heavy atom. The van der Waals surface area contributed by atoms with Gasteiger partial charge < -0.3 is 19.6 Å². The van der Waals surface area contributed by atoms with Gasteiger partial charge in [-0.05, 0) is 50.1 Å². The maximum atomic E-state index is 6.05. The summed E-state index contributed by atoms with van der Waals surface area (Å²) in [5, 5.41) is 0. The quantitative estimate of drug-likeness (QED) is 0.882. The summed E-state index contributed by atoms with van der Waals surface area (Å²) in [6.45, 7) is 5.90. The van der Waals surface area contributed by atoms with Crippen molar-refractivity contribution in [3.63, 3.8) is 0 Å². The Bertz CT molecular complexity index is 589. The number of ether oxygens (including phenoxy) is 2. The fraction of sp³-hybridized carbons (Fsp3) is 0.412. The minimum atomic E-state index is -0.347. The molecule has 1 aromatic heterocycles. The first-order valence-corrected chi connectivity index (χ1v) is 7.20. The monoisotopic (exact) mass is 289 g/mol. The summed E-state index contributed by atoms with van der Waals surface area (Å²) in [4.78, 5) is 0. The standard InChI is InChI=1S/C17H23NO3/c1-5-13-7-9-14(16(10-13)19-4)21-17(12(3)18)15-8-6-11(2)20-15/h6-10,12,17H,5,18H2,1-4H3. The van der Waals surface area contributed by atoms with E-state index in [0.717, 1.165) is 17.9 Å². The predicted molar refractivity (Wildman–Crippen MR) is 82.8 cm³/mol. The lowest BCUT2D eigenvalue weighted by molar-refractivity contribution is 0.146. The summed E-state index contributed by atoms with van der Waals surface area (Å²) in [6, 6.07) is 9.54. The number of hydrogen-bond donors (Lipinski definition) is 1. The second-order valence-electron chi connectivity index (χ2n) is 5.18. The van der Waals surface area contributed by atoms with Crippen molar-refractivity contribution < 1.29 is 13.9 Å². The van der Waals surface area contributed by atoms with Gasteiger partial charge in [0.15, 0.2) is 17.6 Å². The lowest BCUT2D eigenvalue weighted by Gasteiger charge is -2.22. The topological polar surface area (TPSA) is 57.6 Å². The molecule has 114 valence electrons. The van der Waals surface area contributed by atoms with Crippen molar-refractivity contribution in [2.45, 2.75) is 39.3 Å². The van der Waals surface area contributed by atoms with Gasteiger partial charge in [-0.1, -0.05) is 13.0 Å². The van der Waals surface area contributed by atoms with Crippen LogP contribution >= 0.6 is 0 Å². The van der Waals surface area contributed by atoms with Crippen LogP contribution in [0.1, 0.15) is 37.0 Å². The first-order valence-electron chi connectivity index (χ1n) is 7.20. The molecule has 4 heteroatoms. The van der Waals surface area contributed by atoms with E-state index in [-0.39, 0.29) is 12.1 Å². The van der Waals surface area contributed by atoms with E-state index in [1.165, 1.54) is 5.56 Å². The van der Waals surface area contributed by atoms with Gasteiger partial charge >= 0.3 is 0 Å². The molecule has 0 aliphatic heterocycles. The van der Waals surface area contributed by atoms with E-state index < -0.39 is 0 Å². The molecule has 2 rings (SSSR count). The van der Waals surface area contributed by atoms with Gasteiger partial charge in [0.05, 0.1) is 7.11 Å². The third-order valence-corrected chi connectivity index (χ3v) is 3.41. The molecule has 0 radical (unpaired) electrons. The van der Waals surface area contributed by atoms with E-state index in [9.17, 15) is 0 Å². The lowest BCUT2D eigenvalue weighted by atomic mass is 10.1. The van der Waals surface area contributed by atoms with E-state index in [4.69, 9.17) is 19.6 Å². The SMILES string of the molecule is CCc1ccc(OC(c2ccc(C)o2)C(C)N)c(OC)c1. The van der Waals surface area contributed by atoms with Crippen LogP contribution in [0.15, 0.2) is 34.7 Å². The van der Waals surface area contributed by atoms with Crippen LogP contribution in [0.3, 0.4) is 0 Å². The zero-order chi connectivity index (χ0) is 15.4. The number of methoxy groups -OCH3 is 1. The molecule has 0 aliphatic rings. The van der Waals surface area contributed by atoms with Crippen LogP contribution in [-0.2, 0) is 6.42 Å². The van der Waals surface area contributed by atoms with Crippen molar-refractivity contribution in [2.75, 3.05) is 7.11 Å². The van der Waals surface area contributed by atoms with Gasteiger partial charge in [0.25, 0.3) is 0 Å². The molecule has 0 saturated carbocycles. The van der Waals surface area contributed by atoms with Crippen LogP contribution in [0.2, 0.25) is 0 Å². The molecule has 0 fully saturated rings. The molecule has 0 spiro atoms. The zero-order valence-corrected chi connectivity index (χ0v) is 13.1. The molecule has 2 N–H and O–H groups in total. The highest BCUT2D eigenvalue weighted by molar-refractivity contribution is 5.43. The highest BCUT2D eigenvalue weighted by atomic mass is 16.5. The van der Waals surface area contributed by atoms with Crippen molar-refractivity contribution in [1.29, 1.82) is 0 Å². The smallest absolute Gasteiger partial charge is 0.171 e. The Morgan fingerprint density at radius 1 is 1.19 bits per heavy atom. The molecular formula is C17H23NO3. The fourth-order valence-corrected chi connectivity index (χ4v) is 2.20. The minimum absolute atomic E-state index is 0.203. The summed E-state index contributed by atoms with van der Waals surface area (Å²) in [5.41, 5.74) is 7.25. The Kier molecular flexibility index (Phi) is 4.91. The summed E-state index contributed by atoms with van der Waals surface area (Å²) >= 11 is 0. The number of benzene rings is 1. The number of hydrogen-bond acceptors (Lipinski definition) is 4. The van der Waals surface area contributed by atoms with Crippen molar-refractivity contribution >= 4 is 0 Å². The Balaban J connectivity index is 2.29. The number of nitrogens with two attached hydrogens (primary N) is 1. The Labute approximate surface area is 125 Å². The van der Waals surface area contributed by atoms with Crippen LogP contribution in [0.25, 0.3) is 0 Å². The van der Waals surface area contributed by atoms with Crippen molar-refractivity contribution in [3.8, 4) is 11.5 Å². The molecule has 2 unspecified atom stereocenters. The maximum Gasteiger partial charge on any atom is 0.171 e. The van der Waals surface area contributed by atoms with Crippen LogP contribution < -0.4 is 15.2 Å². The largest absolute Gasteiger partial charge is 0.493 e. The summed E-state index contributed by atoms with van der Waals surface area (Å²) in [5.74, 6) is 2.95. The molecule has 1 heterocycles. The number of furan rings is 1. The lowest BCUT2D eigenvalue weighted by Crippen LogP contribution is -2.28. The van der Waals surface area contributed by atoms with Gasteiger partial charge in [0.2, 0.25) is 0 Å². The van der Waals surface area contributed by atoms with Gasteiger partial charge in [0, 0.05) is 6.04 Å². The van der Waals surface area contributed by atoms with E-state index in [0.29, 0.717) is 11.5 Å². The van der Waals surface area contributed by atoms with E-state index in [2.05, 4.69) is 6.92 Å². The molecule has 0 saturated heterocycles. The van der Waals surface area contributed by atoms with Gasteiger partial charge in [0.1, 0.15) is 11.5 Å². The molecule has 2 aromatic rings. The van der Waals surface area contributed by atoms with Crippen molar-refractivity contribution in [3.05, 3.63) is 47.4 Å². The Hall–Kier alpha value is -1.94. The molecular weight excluding hydrogens is 266 g/mol. The first-order chi connectivity index (χ1) is 10.0. The normalized spacial score (nSPS) is 13.8. The number of rotatable bonds is 6. The zero-order valence-electron chi connectivity index (χ0n) is 13.1. The molecule has 4 nitrogen and oxygen atoms in total. The highest BCUT2D eigenvalue weighted by Crippen LogP contribution is 2.33. The molecule has 2 atom stereocenters. The maximum absolute atomic E-state index is 6.05. The molecule has 0 bridgehead atoms. The average molecular weight is 289 g/mol. The Morgan fingerprint density at radius 3 is 2.48 bits per heavy atom. The van der Waals surface area contributed by atoms with Crippen LogP contribution in [0.5, 0.6) is 11.5 Å². The molecule has 0 aliphatic carbocycles. The van der Waals surface area contributed by atoms with Gasteiger partial charge in [-0.2, -0.15) is 0 Å². The van der Waals surface area contributed by atoms with E-state index in [1.807, 2.05) is 44.2 Å². The van der Waals surface area contributed by atoms with E-state index >= 15 is 0 Å². The van der Waals surface area contributed by atoms with Gasteiger partial charge in [-0.15, -0.1) is 0 Å². The average Bonchev–Trinajstić information content (AvgIpc) is 2.90. The molecule has 0 amide bonds. The van der Waals surface area contributed by atoms with Crippen LogP contribution in [0.4, 0.5) is 0 Å². The van der Waals surface area contributed by atoms with Gasteiger partial charge in [-0.3, -0.25) is 0 Å². The second kappa shape index (κ2) is 6.68. The van der Waals surface area contributed by atoms with E-state index in [1.54, 1.807) is 7.11 Å². The third-order valence-electron chi connectivity index (χ3n) is 3.41. The molecule has 21 heavy (non-hydrogen) atoms. The first kappa shape index (κ1) is 15.4. The predicted octanol–water partition coefficient (Wildman–Crippen LogP) is 3.63. The number of aryl methyl sites for hydroxylation is 2. The third kappa shape index (κ3) is 3.58. The van der Waals surface area contributed by atoms with Crippen molar-refractivity contribution in [1.82, 2.24) is 0 Å². The summed E-state index contributed by atoms with van der Waals surface area (Å²) in [7, 11) is 1.64. The van der Waals surface area contributed by atoms with Crippen LogP contribution in [0, 0.1) is 6.92 Å². The minimum Gasteiger partial charge on any atom is -0.493 e. The van der Waals surface area contributed by atoms with Crippen LogP contribution in [-0.4, -0.2) is 13.2 Å².